The van der Waals surface area contributed by atoms with Crippen molar-refractivity contribution in [2.45, 2.75) is 50.4 Å². The zero-order valence-electron chi connectivity index (χ0n) is 31.2. The first-order valence-electron chi connectivity index (χ1n) is 18.2. The van der Waals surface area contributed by atoms with Gasteiger partial charge in [-0.05, 0) is 130 Å². The molecule has 8 rings (SSSR count). The van der Waals surface area contributed by atoms with Gasteiger partial charge in [0.25, 0.3) is 5.69 Å². The highest BCUT2D eigenvalue weighted by Gasteiger charge is 2.58. The van der Waals surface area contributed by atoms with Gasteiger partial charge in [0.15, 0.2) is 0 Å². The number of nitrogens with zero attached hydrogens (tertiary/aromatic N) is 2. The number of hydrogen-bond acceptors (Lipinski definition) is 7. The topological polar surface area (TPSA) is 99.2 Å². The molecule has 2 atom stereocenters. The Hall–Kier alpha value is -7.16. The van der Waals surface area contributed by atoms with Crippen LogP contribution in [-0.2, 0) is 10.8 Å². The van der Waals surface area contributed by atoms with Crippen molar-refractivity contribution in [2.24, 2.45) is 0 Å². The Balaban J connectivity index is 1.08. The lowest BCUT2D eigenvalue weighted by atomic mass is 9.72. The van der Waals surface area contributed by atoms with E-state index in [1.165, 1.54) is 22.3 Å². The fourth-order valence-corrected chi connectivity index (χ4v) is 8.51. The quantitative estimate of drug-likeness (QED) is 0.102. The average molecular weight is 737 g/mol. The first-order valence-corrected chi connectivity index (χ1v) is 18.2. The molecule has 0 amide bonds. The third kappa shape index (κ3) is 6.12. The van der Waals surface area contributed by atoms with Crippen molar-refractivity contribution in [3.05, 3.63) is 172 Å². The zero-order valence-corrected chi connectivity index (χ0v) is 31.2. The minimum Gasteiger partial charge on any atom is -0.468 e. The van der Waals surface area contributed by atoms with Gasteiger partial charge < -0.3 is 18.9 Å². The van der Waals surface area contributed by atoms with Crippen molar-refractivity contribution in [3.8, 4) is 52.1 Å². The molecule has 0 aliphatic heterocycles. The number of para-hydroxylation sites is 1. The third-order valence-electron chi connectivity index (χ3n) is 11.1. The normalized spacial score (nSPS) is 16.6. The Kier molecular flexibility index (Phi) is 8.91. The second kappa shape index (κ2) is 13.9. The monoisotopic (exact) mass is 736 g/mol. The van der Waals surface area contributed by atoms with Crippen molar-refractivity contribution in [3.63, 3.8) is 0 Å². The van der Waals surface area contributed by atoms with Crippen molar-refractivity contribution in [2.75, 3.05) is 0 Å². The number of benzene rings is 6. The molecule has 0 radical (unpaired) electrons. The van der Waals surface area contributed by atoms with Gasteiger partial charge in [0.1, 0.15) is 70.2 Å². The summed E-state index contributed by atoms with van der Waals surface area (Å²) in [6.45, 7) is 17.1. The fraction of sp³-hybridized carbons (Fsp3) is 0.167. The van der Waals surface area contributed by atoms with Gasteiger partial charge in [-0.25, -0.2) is 4.85 Å². The molecule has 0 bridgehead atoms. The van der Waals surface area contributed by atoms with E-state index in [0.717, 1.165) is 12.6 Å². The molecular formula is C48H36N2O6. The SMILES string of the molecule is [C-]#[N+]c1c(Oc2ccc(C=O)cc2)cccc1Oc1ccc2c(c1)C1C(c3cc(Oc4cccc(Oc5ccc(C=O)cc5)c4C#N)ccc3C1(C)C)C2(C)C. The highest BCUT2D eigenvalue weighted by molar-refractivity contribution is 5.76. The lowest BCUT2D eigenvalue weighted by Crippen LogP contribution is -2.25. The lowest BCUT2D eigenvalue weighted by molar-refractivity contribution is 0.111. The Labute approximate surface area is 325 Å². The van der Waals surface area contributed by atoms with Gasteiger partial charge in [0, 0.05) is 23.0 Å². The van der Waals surface area contributed by atoms with E-state index in [9.17, 15) is 14.9 Å². The van der Waals surface area contributed by atoms with Crippen LogP contribution in [0.15, 0.2) is 121 Å². The molecule has 8 nitrogen and oxygen atoms in total. The number of aldehydes is 2. The van der Waals surface area contributed by atoms with E-state index in [-0.39, 0.29) is 33.9 Å². The van der Waals surface area contributed by atoms with Crippen molar-refractivity contribution in [1.29, 1.82) is 5.26 Å². The highest BCUT2D eigenvalue weighted by Crippen LogP contribution is 2.67. The number of carbonyl (C=O) groups excluding carboxylic acids is 2. The molecular weight excluding hydrogens is 701 g/mol. The number of rotatable bonds is 10. The maximum absolute atomic E-state index is 11.1. The molecule has 0 fully saturated rings. The summed E-state index contributed by atoms with van der Waals surface area (Å²) in [7, 11) is 0. The minimum atomic E-state index is -0.237. The van der Waals surface area contributed by atoms with E-state index in [0.29, 0.717) is 57.1 Å². The molecule has 2 unspecified atom stereocenters. The van der Waals surface area contributed by atoms with Gasteiger partial charge in [-0.15, -0.1) is 0 Å². The van der Waals surface area contributed by atoms with Crippen LogP contribution in [0.5, 0.6) is 46.0 Å². The Bertz CT molecular complexity index is 2430. The molecule has 2 aliphatic carbocycles. The van der Waals surface area contributed by atoms with Crippen LogP contribution in [-0.4, -0.2) is 12.6 Å². The van der Waals surface area contributed by atoms with E-state index >= 15 is 0 Å². The molecule has 0 spiro atoms. The maximum atomic E-state index is 11.1. The van der Waals surface area contributed by atoms with E-state index in [1.807, 2.05) is 12.1 Å². The van der Waals surface area contributed by atoms with Crippen LogP contribution in [0.1, 0.15) is 88.1 Å². The molecule has 0 N–H and O–H groups in total. The van der Waals surface area contributed by atoms with Gasteiger partial charge >= 0.3 is 0 Å². The number of nitriles is 1. The van der Waals surface area contributed by atoms with Crippen LogP contribution in [0, 0.1) is 17.9 Å². The van der Waals surface area contributed by atoms with E-state index < -0.39 is 0 Å². The summed E-state index contributed by atoms with van der Waals surface area (Å²) in [6.07, 6.45) is 1.53. The summed E-state index contributed by atoms with van der Waals surface area (Å²) in [5, 5.41) is 10.2. The molecule has 0 saturated carbocycles. The summed E-state index contributed by atoms with van der Waals surface area (Å²) >= 11 is 0. The van der Waals surface area contributed by atoms with Gasteiger partial charge in [0.05, 0.1) is 6.57 Å². The highest BCUT2D eigenvalue weighted by atomic mass is 16.5. The zero-order chi connectivity index (χ0) is 39.2. The summed E-state index contributed by atoms with van der Waals surface area (Å²) in [4.78, 5) is 26.0. The number of fused-ring (bicyclic) bond motifs is 5. The summed E-state index contributed by atoms with van der Waals surface area (Å²) in [6, 6.07) is 38.6. The Morgan fingerprint density at radius 1 is 0.571 bits per heavy atom. The number of hydrogen-bond donors (Lipinski definition) is 0. The summed E-state index contributed by atoms with van der Waals surface area (Å²) < 4.78 is 25.0. The fourth-order valence-electron chi connectivity index (χ4n) is 8.51. The smallest absolute Gasteiger partial charge is 0.270 e. The van der Waals surface area contributed by atoms with Gasteiger partial charge in [0.2, 0.25) is 0 Å². The standard InChI is InChI=1S/C48H36N2O6/c1-47(2)38-22-20-33(55-41-9-6-8-40(37(41)26-49)53-31-16-12-29(27-51)13-17-31)24-35(38)44-45(47)36-25-34(21-23-39(36)48(44,3)4)56-43-11-7-10-42(46(43)50-5)54-32-18-14-30(28-52)15-19-32/h6-25,27-28,44-45H,1-4H3. The molecule has 8 heteroatoms. The third-order valence-corrected chi connectivity index (χ3v) is 11.1. The van der Waals surface area contributed by atoms with Crippen LogP contribution in [0.25, 0.3) is 4.85 Å². The van der Waals surface area contributed by atoms with E-state index in [4.69, 9.17) is 25.5 Å². The van der Waals surface area contributed by atoms with Gasteiger partial charge in [-0.1, -0.05) is 52.0 Å². The average Bonchev–Trinajstić information content (AvgIpc) is 3.59. The Morgan fingerprint density at radius 3 is 1.36 bits per heavy atom. The van der Waals surface area contributed by atoms with Crippen molar-refractivity contribution < 1.29 is 28.5 Å². The minimum absolute atomic E-state index is 0.127. The van der Waals surface area contributed by atoms with Gasteiger partial charge in [-0.2, -0.15) is 5.26 Å². The molecule has 274 valence electrons. The molecule has 2 aliphatic rings. The first kappa shape index (κ1) is 35.8. The molecule has 6 aromatic rings. The van der Waals surface area contributed by atoms with Crippen molar-refractivity contribution in [1.82, 2.24) is 0 Å². The summed E-state index contributed by atoms with van der Waals surface area (Å²) in [5.41, 5.74) is 5.98. The molecule has 0 aromatic heterocycles. The van der Waals surface area contributed by atoms with Gasteiger partial charge in [-0.3, -0.25) is 9.59 Å². The van der Waals surface area contributed by atoms with Crippen LogP contribution in [0.4, 0.5) is 5.69 Å². The lowest BCUT2D eigenvalue weighted by Gasteiger charge is -2.31. The van der Waals surface area contributed by atoms with Crippen LogP contribution in [0.2, 0.25) is 0 Å². The van der Waals surface area contributed by atoms with Crippen molar-refractivity contribution >= 4 is 18.3 Å². The molecule has 0 heterocycles. The van der Waals surface area contributed by atoms with Crippen LogP contribution >= 0.6 is 0 Å². The first-order chi connectivity index (χ1) is 27.0. The predicted molar refractivity (Wildman–Crippen MR) is 212 cm³/mol. The molecule has 0 saturated heterocycles. The van der Waals surface area contributed by atoms with E-state index in [1.54, 1.807) is 84.9 Å². The maximum Gasteiger partial charge on any atom is 0.270 e. The molecule has 6 aromatic carbocycles. The largest absolute Gasteiger partial charge is 0.468 e. The summed E-state index contributed by atoms with van der Waals surface area (Å²) in [5.74, 6) is 3.97. The number of ether oxygens (including phenoxy) is 4. The van der Waals surface area contributed by atoms with Crippen LogP contribution in [0.3, 0.4) is 0 Å². The number of carbonyl (C=O) groups is 2. The second-order valence-corrected chi connectivity index (χ2v) is 15.1. The second-order valence-electron chi connectivity index (χ2n) is 15.1. The predicted octanol–water partition coefficient (Wildman–Crippen LogP) is 12.4. The Morgan fingerprint density at radius 2 is 0.946 bits per heavy atom. The van der Waals surface area contributed by atoms with E-state index in [2.05, 4.69) is 62.9 Å². The molecule has 56 heavy (non-hydrogen) atoms. The van der Waals surface area contributed by atoms with Crippen LogP contribution < -0.4 is 18.9 Å².